The van der Waals surface area contributed by atoms with Gasteiger partial charge in [-0.1, -0.05) is 91.0 Å². The molecule has 1 aromatic heterocycles. The van der Waals surface area contributed by atoms with Crippen LogP contribution in [0.3, 0.4) is 0 Å². The van der Waals surface area contributed by atoms with E-state index in [0.717, 1.165) is 11.1 Å². The molecule has 0 aliphatic carbocycles. The van der Waals surface area contributed by atoms with E-state index in [1.807, 2.05) is 96.4 Å². The van der Waals surface area contributed by atoms with Crippen molar-refractivity contribution in [1.82, 2.24) is 4.90 Å². The number of thiophene rings is 1. The van der Waals surface area contributed by atoms with Gasteiger partial charge in [-0.2, -0.15) is 0 Å². The van der Waals surface area contributed by atoms with Gasteiger partial charge in [0.1, 0.15) is 22.9 Å². The zero-order chi connectivity index (χ0) is 31.6. The van der Waals surface area contributed by atoms with E-state index in [1.165, 1.54) is 41.8 Å². The van der Waals surface area contributed by atoms with Crippen molar-refractivity contribution in [3.8, 4) is 0 Å². The molecular formula is C35H32N2O6S2. The van der Waals surface area contributed by atoms with Crippen LogP contribution in [0.25, 0.3) is 0 Å². The number of fused-ring (bicyclic) bond motifs is 1. The van der Waals surface area contributed by atoms with Crippen LogP contribution in [0.4, 0.5) is 5.00 Å². The molecule has 3 aromatic carbocycles. The van der Waals surface area contributed by atoms with Crippen molar-refractivity contribution >= 4 is 51.9 Å². The molecule has 6 rings (SSSR count). The van der Waals surface area contributed by atoms with Crippen molar-refractivity contribution < 1.29 is 28.7 Å². The van der Waals surface area contributed by atoms with Crippen molar-refractivity contribution in [1.29, 1.82) is 0 Å². The predicted molar refractivity (Wildman–Crippen MR) is 173 cm³/mol. The number of hydrogen-bond acceptors (Lipinski definition) is 8. The van der Waals surface area contributed by atoms with Gasteiger partial charge in [-0.05, 0) is 34.2 Å². The number of nitrogens with zero attached hydrogens (tertiary/aromatic N) is 2. The first-order valence-corrected chi connectivity index (χ1v) is 16.5. The molecule has 2 fully saturated rings. The van der Waals surface area contributed by atoms with Gasteiger partial charge in [-0.15, -0.1) is 23.1 Å². The third-order valence-electron chi connectivity index (χ3n) is 8.16. The highest BCUT2D eigenvalue weighted by atomic mass is 32.2. The number of esters is 2. The molecule has 0 saturated carbocycles. The lowest BCUT2D eigenvalue weighted by molar-refractivity contribution is -0.180. The minimum atomic E-state index is -1.44. The number of thioether (sulfide) groups is 1. The van der Waals surface area contributed by atoms with E-state index in [9.17, 15) is 19.2 Å². The molecule has 2 aliphatic heterocycles. The number of carbonyl (C=O) groups is 4. The fourth-order valence-corrected chi connectivity index (χ4v) is 8.48. The van der Waals surface area contributed by atoms with Gasteiger partial charge in [-0.3, -0.25) is 24.1 Å². The molecule has 4 aromatic rings. The van der Waals surface area contributed by atoms with Crippen LogP contribution < -0.4 is 4.90 Å². The van der Waals surface area contributed by atoms with Crippen LogP contribution in [0.15, 0.2) is 109 Å². The van der Waals surface area contributed by atoms with Gasteiger partial charge in [-0.25, -0.2) is 0 Å². The molecule has 45 heavy (non-hydrogen) atoms. The van der Waals surface area contributed by atoms with Crippen LogP contribution in [0.2, 0.25) is 0 Å². The summed E-state index contributed by atoms with van der Waals surface area (Å²) in [5.74, 6) is -1.46. The summed E-state index contributed by atoms with van der Waals surface area (Å²) < 4.78 is 12.4. The Bertz CT molecular complexity index is 1630. The van der Waals surface area contributed by atoms with Gasteiger partial charge < -0.3 is 14.4 Å². The van der Waals surface area contributed by atoms with E-state index in [2.05, 4.69) is 0 Å². The molecule has 3 unspecified atom stereocenters. The quantitative estimate of drug-likeness (QED) is 0.164. The predicted octanol–water partition coefficient (Wildman–Crippen LogP) is 6.01. The average Bonchev–Trinajstić information content (AvgIpc) is 3.60. The molecule has 230 valence electrons. The smallest absolute Gasteiger partial charge is 0.319 e. The Morgan fingerprint density at radius 3 is 1.91 bits per heavy atom. The van der Waals surface area contributed by atoms with Crippen LogP contribution in [0, 0.1) is 5.41 Å². The zero-order valence-electron chi connectivity index (χ0n) is 24.8. The summed E-state index contributed by atoms with van der Waals surface area (Å²) in [5, 5.41) is 2.17. The molecule has 0 spiro atoms. The Labute approximate surface area is 269 Å². The second-order valence-corrected chi connectivity index (χ2v) is 13.1. The highest BCUT2D eigenvalue weighted by Crippen LogP contribution is 2.52. The lowest BCUT2D eigenvalue weighted by atomic mass is 9.78. The number of hydrogen-bond donors (Lipinski definition) is 0. The summed E-state index contributed by atoms with van der Waals surface area (Å²) in [7, 11) is 0. The Hall–Kier alpha value is -4.41. The summed E-state index contributed by atoms with van der Waals surface area (Å²) in [6.07, 6.45) is -1.77. The highest BCUT2D eigenvalue weighted by Gasteiger charge is 2.63. The van der Waals surface area contributed by atoms with Gasteiger partial charge in [0, 0.05) is 26.1 Å². The molecule has 2 amide bonds. The maximum Gasteiger partial charge on any atom is 0.319 e. The van der Waals surface area contributed by atoms with Crippen molar-refractivity contribution in [2.45, 2.75) is 37.5 Å². The van der Waals surface area contributed by atoms with E-state index in [1.54, 1.807) is 17.0 Å². The zero-order valence-corrected chi connectivity index (χ0v) is 26.4. The first-order valence-electron chi connectivity index (χ1n) is 14.6. The summed E-state index contributed by atoms with van der Waals surface area (Å²) in [6.45, 7) is 2.71. The Balaban J connectivity index is 1.39. The normalized spacial score (nSPS) is 21.3. The fraction of sp³-hybridized carbons (Fsp3) is 0.257. The fourth-order valence-electron chi connectivity index (χ4n) is 6.06. The van der Waals surface area contributed by atoms with Crippen molar-refractivity contribution in [3.63, 3.8) is 0 Å². The minimum Gasteiger partial charge on any atom is -0.456 e. The van der Waals surface area contributed by atoms with Crippen molar-refractivity contribution in [3.05, 3.63) is 125 Å². The molecule has 0 radical (unpaired) electrons. The number of carbonyl (C=O) groups excluding carboxylic acids is 4. The molecule has 10 heteroatoms. The standard InChI is InChI=1S/C35H32N2O6S2/c1-23(38)37(28-19-12-20-44-28)29-32(40)36-21-35(22-45-33(29)36,31(42-24(2)39)27-17-10-5-11-18-27)34(41)43-30(25-13-6-3-7-14-25)26-15-8-4-9-16-26/h3-20,29-31,33H,21-22H2,1-2H3/t29?,31?,33-,35?/m1/s1. The molecule has 0 bridgehead atoms. The molecule has 4 atom stereocenters. The average molecular weight is 641 g/mol. The summed E-state index contributed by atoms with van der Waals surface area (Å²) in [4.78, 5) is 57.1. The lowest BCUT2D eigenvalue weighted by Gasteiger charge is -2.57. The second kappa shape index (κ2) is 12.9. The topological polar surface area (TPSA) is 93.2 Å². The molecule has 2 saturated heterocycles. The van der Waals surface area contributed by atoms with E-state index in [-0.39, 0.29) is 29.5 Å². The second-order valence-electron chi connectivity index (χ2n) is 11.1. The largest absolute Gasteiger partial charge is 0.456 e. The summed E-state index contributed by atoms with van der Waals surface area (Å²) in [5.41, 5.74) is 0.740. The van der Waals surface area contributed by atoms with Gasteiger partial charge in [0.25, 0.3) is 0 Å². The first-order chi connectivity index (χ1) is 21.8. The molecule has 3 heterocycles. The van der Waals surface area contributed by atoms with E-state index < -0.39 is 35.6 Å². The molecule has 0 N–H and O–H groups in total. The number of amides is 2. The maximum absolute atomic E-state index is 14.7. The first kappa shape index (κ1) is 30.6. The van der Waals surface area contributed by atoms with Crippen molar-refractivity contribution in [2.24, 2.45) is 5.41 Å². The number of anilines is 1. The molecular weight excluding hydrogens is 609 g/mol. The number of β-lactam (4-membered cyclic amide) rings is 1. The van der Waals surface area contributed by atoms with Crippen LogP contribution in [0.5, 0.6) is 0 Å². The van der Waals surface area contributed by atoms with Crippen LogP contribution >= 0.6 is 23.1 Å². The van der Waals surface area contributed by atoms with E-state index in [0.29, 0.717) is 10.6 Å². The third-order valence-corrected chi connectivity index (χ3v) is 10.6. The monoisotopic (exact) mass is 640 g/mol. The maximum atomic E-state index is 14.7. The number of ether oxygens (including phenoxy) is 2. The van der Waals surface area contributed by atoms with E-state index in [4.69, 9.17) is 9.47 Å². The number of rotatable bonds is 9. The third kappa shape index (κ3) is 5.87. The Morgan fingerprint density at radius 2 is 1.40 bits per heavy atom. The summed E-state index contributed by atoms with van der Waals surface area (Å²) in [6, 6.07) is 31.0. The van der Waals surface area contributed by atoms with Gasteiger partial charge in [0.2, 0.25) is 11.8 Å². The van der Waals surface area contributed by atoms with Crippen LogP contribution in [-0.2, 0) is 28.7 Å². The Kier molecular flexibility index (Phi) is 8.78. The van der Waals surface area contributed by atoms with Gasteiger partial charge >= 0.3 is 11.9 Å². The SMILES string of the molecule is CC(=O)OC(c1ccccc1)C1(C(=O)OC(c2ccccc2)c2ccccc2)CS[C@@H]2C(N(C(C)=O)c3cccs3)C(=O)N2C1. The number of benzene rings is 3. The minimum absolute atomic E-state index is 0.0435. The summed E-state index contributed by atoms with van der Waals surface area (Å²) >= 11 is 2.78. The van der Waals surface area contributed by atoms with Gasteiger partial charge in [0.05, 0.1) is 5.00 Å². The van der Waals surface area contributed by atoms with Gasteiger partial charge in [0.15, 0.2) is 6.10 Å². The van der Waals surface area contributed by atoms with Crippen LogP contribution in [-0.4, -0.2) is 52.4 Å². The lowest BCUT2D eigenvalue weighted by Crippen LogP contribution is -2.75. The molecule has 8 nitrogen and oxygen atoms in total. The van der Waals surface area contributed by atoms with Crippen LogP contribution in [0.1, 0.15) is 42.7 Å². The van der Waals surface area contributed by atoms with E-state index >= 15 is 0 Å². The van der Waals surface area contributed by atoms with Crippen molar-refractivity contribution in [2.75, 3.05) is 17.2 Å². The molecule has 2 aliphatic rings. The Morgan fingerprint density at radius 1 is 0.822 bits per heavy atom. The highest BCUT2D eigenvalue weighted by molar-refractivity contribution is 8.00.